The molecule has 1 aliphatic rings. The highest BCUT2D eigenvalue weighted by molar-refractivity contribution is 5.75. The van der Waals surface area contributed by atoms with Gasteiger partial charge in [0.05, 0.1) is 20.2 Å². The summed E-state index contributed by atoms with van der Waals surface area (Å²) < 4.78 is 12.6. The molecule has 0 radical (unpaired) electrons. The van der Waals surface area contributed by atoms with Gasteiger partial charge in [-0.15, -0.1) is 0 Å². The minimum atomic E-state index is -0.520. The van der Waals surface area contributed by atoms with Crippen molar-refractivity contribution < 1.29 is 14.3 Å². The number of ether oxygens (including phenoxy) is 2. The molecule has 1 aromatic heterocycles. The lowest BCUT2D eigenvalue weighted by Crippen LogP contribution is -2.33. The summed E-state index contributed by atoms with van der Waals surface area (Å²) in [7, 11) is 1.57. The summed E-state index contributed by atoms with van der Waals surface area (Å²) in [6, 6.07) is 5.66. The van der Waals surface area contributed by atoms with Crippen LogP contribution in [-0.2, 0) is 24.4 Å². The van der Waals surface area contributed by atoms with E-state index in [1.807, 2.05) is 16.8 Å². The molecule has 1 aliphatic heterocycles. The number of carbonyl (C=O) groups excluding carboxylic acids is 1. The topological polar surface area (TPSA) is 95.5 Å². The highest BCUT2D eigenvalue weighted by Crippen LogP contribution is 2.28. The highest BCUT2D eigenvalue weighted by Gasteiger charge is 2.18. The molecule has 8 heteroatoms. The Hall–Kier alpha value is -2.61. The second kappa shape index (κ2) is 6.66. The van der Waals surface area contributed by atoms with Gasteiger partial charge >= 0.3 is 0 Å². The first-order valence-electron chi connectivity index (χ1n) is 7.33. The van der Waals surface area contributed by atoms with Gasteiger partial charge < -0.3 is 15.2 Å². The number of benzene rings is 1. The summed E-state index contributed by atoms with van der Waals surface area (Å²) in [4.78, 5) is 17.4. The molecule has 2 aromatic rings. The average molecular weight is 317 g/mol. The molecule has 0 aliphatic carbocycles. The third-order valence-corrected chi connectivity index (χ3v) is 3.69. The van der Waals surface area contributed by atoms with Gasteiger partial charge in [0, 0.05) is 13.1 Å². The lowest BCUT2D eigenvalue weighted by molar-refractivity contribution is -0.119. The van der Waals surface area contributed by atoms with Gasteiger partial charge in [0.15, 0.2) is 18.1 Å². The van der Waals surface area contributed by atoms with Crippen LogP contribution in [0.15, 0.2) is 24.5 Å². The molecule has 1 amide bonds. The SMILES string of the molecule is COc1cc(CN2CCn3ncnc3C2)ccc1OCC(N)=O. The Labute approximate surface area is 133 Å². The maximum Gasteiger partial charge on any atom is 0.255 e. The Bertz CT molecular complexity index is 700. The molecule has 23 heavy (non-hydrogen) atoms. The standard InChI is InChI=1S/C15H19N5O3/c1-22-13-6-11(2-3-12(13)23-9-14(16)21)7-19-4-5-20-15(8-19)17-10-18-20/h2-3,6,10H,4-5,7-9H2,1H3,(H2,16,21). The van der Waals surface area contributed by atoms with E-state index in [4.69, 9.17) is 15.2 Å². The smallest absolute Gasteiger partial charge is 0.255 e. The quantitative estimate of drug-likeness (QED) is 0.816. The first-order valence-corrected chi connectivity index (χ1v) is 7.33. The molecule has 0 spiro atoms. The number of fused-ring (bicyclic) bond motifs is 1. The molecule has 0 saturated carbocycles. The fraction of sp³-hybridized carbons (Fsp3) is 0.400. The monoisotopic (exact) mass is 317 g/mol. The summed E-state index contributed by atoms with van der Waals surface area (Å²) in [6.07, 6.45) is 1.59. The van der Waals surface area contributed by atoms with E-state index in [0.717, 1.165) is 37.6 Å². The van der Waals surface area contributed by atoms with Crippen LogP contribution in [0.1, 0.15) is 11.4 Å². The molecule has 0 saturated heterocycles. The number of nitrogens with zero attached hydrogens (tertiary/aromatic N) is 4. The molecule has 2 N–H and O–H groups in total. The minimum Gasteiger partial charge on any atom is -0.493 e. The molecule has 8 nitrogen and oxygen atoms in total. The van der Waals surface area contributed by atoms with Crippen molar-refractivity contribution in [2.24, 2.45) is 5.73 Å². The van der Waals surface area contributed by atoms with Crippen molar-refractivity contribution in [3.05, 3.63) is 35.9 Å². The van der Waals surface area contributed by atoms with Gasteiger partial charge in [-0.3, -0.25) is 9.69 Å². The zero-order valence-electron chi connectivity index (χ0n) is 12.9. The Kier molecular flexibility index (Phi) is 4.42. The molecule has 0 fully saturated rings. The van der Waals surface area contributed by atoms with Gasteiger partial charge in [0.2, 0.25) is 0 Å². The van der Waals surface area contributed by atoms with E-state index in [0.29, 0.717) is 11.5 Å². The number of rotatable bonds is 6. The number of hydrogen-bond acceptors (Lipinski definition) is 6. The van der Waals surface area contributed by atoms with Crippen LogP contribution in [0.25, 0.3) is 0 Å². The Morgan fingerprint density at radius 2 is 2.22 bits per heavy atom. The van der Waals surface area contributed by atoms with Crippen LogP contribution >= 0.6 is 0 Å². The average Bonchev–Trinajstić information content (AvgIpc) is 3.01. The van der Waals surface area contributed by atoms with Crippen molar-refractivity contribution in [3.63, 3.8) is 0 Å². The molecule has 3 rings (SSSR count). The number of hydrogen-bond donors (Lipinski definition) is 1. The van der Waals surface area contributed by atoms with E-state index in [2.05, 4.69) is 15.0 Å². The van der Waals surface area contributed by atoms with Crippen molar-refractivity contribution in [1.29, 1.82) is 0 Å². The zero-order valence-corrected chi connectivity index (χ0v) is 12.9. The number of methoxy groups -OCH3 is 1. The predicted molar refractivity (Wildman–Crippen MR) is 81.8 cm³/mol. The summed E-state index contributed by atoms with van der Waals surface area (Å²) in [6.45, 7) is 3.13. The molecule has 1 aromatic carbocycles. The number of aromatic nitrogens is 3. The number of primary amides is 1. The molecule has 122 valence electrons. The van der Waals surface area contributed by atoms with Gasteiger partial charge in [0.25, 0.3) is 5.91 Å². The Morgan fingerprint density at radius 3 is 3.00 bits per heavy atom. The predicted octanol–water partition coefficient (Wildman–Crippen LogP) is 0.167. The highest BCUT2D eigenvalue weighted by atomic mass is 16.5. The van der Waals surface area contributed by atoms with E-state index in [9.17, 15) is 4.79 Å². The van der Waals surface area contributed by atoms with Crippen LogP contribution in [-0.4, -0.2) is 45.8 Å². The lowest BCUT2D eigenvalue weighted by Gasteiger charge is -2.26. The van der Waals surface area contributed by atoms with Crippen molar-refractivity contribution >= 4 is 5.91 Å². The maximum absolute atomic E-state index is 10.8. The van der Waals surface area contributed by atoms with Gasteiger partial charge in [0.1, 0.15) is 12.2 Å². The van der Waals surface area contributed by atoms with Crippen LogP contribution in [0.4, 0.5) is 0 Å². The van der Waals surface area contributed by atoms with E-state index < -0.39 is 5.91 Å². The van der Waals surface area contributed by atoms with E-state index in [1.54, 1.807) is 19.5 Å². The fourth-order valence-electron chi connectivity index (χ4n) is 2.58. The van der Waals surface area contributed by atoms with Gasteiger partial charge in [-0.25, -0.2) is 9.67 Å². The Morgan fingerprint density at radius 1 is 1.35 bits per heavy atom. The number of nitrogens with two attached hydrogens (primary N) is 1. The van der Waals surface area contributed by atoms with Crippen molar-refractivity contribution in [1.82, 2.24) is 19.7 Å². The van der Waals surface area contributed by atoms with Crippen LogP contribution in [0, 0.1) is 0 Å². The summed E-state index contributed by atoms with van der Waals surface area (Å²) in [5.74, 6) is 1.55. The van der Waals surface area contributed by atoms with Gasteiger partial charge in [-0.1, -0.05) is 6.07 Å². The molecule has 0 atom stereocenters. The second-order valence-corrected chi connectivity index (χ2v) is 5.35. The molecule has 0 unspecified atom stereocenters. The third-order valence-electron chi connectivity index (χ3n) is 3.69. The van der Waals surface area contributed by atoms with Gasteiger partial charge in [-0.05, 0) is 17.7 Å². The summed E-state index contributed by atoms with van der Waals surface area (Å²) in [5.41, 5.74) is 6.19. The minimum absolute atomic E-state index is 0.169. The number of carbonyl (C=O) groups is 1. The van der Waals surface area contributed by atoms with Crippen LogP contribution in [0.3, 0.4) is 0 Å². The first-order chi connectivity index (χ1) is 11.2. The first kappa shape index (κ1) is 15.3. The molecule has 0 bridgehead atoms. The third kappa shape index (κ3) is 3.59. The van der Waals surface area contributed by atoms with Crippen LogP contribution < -0.4 is 15.2 Å². The zero-order chi connectivity index (χ0) is 16.2. The lowest BCUT2D eigenvalue weighted by atomic mass is 10.1. The maximum atomic E-state index is 10.8. The largest absolute Gasteiger partial charge is 0.493 e. The fourth-order valence-corrected chi connectivity index (χ4v) is 2.58. The summed E-state index contributed by atoms with van der Waals surface area (Å²) in [5, 5.41) is 4.18. The number of amides is 1. The van der Waals surface area contributed by atoms with Crippen molar-refractivity contribution in [2.45, 2.75) is 19.6 Å². The van der Waals surface area contributed by atoms with Crippen LogP contribution in [0.2, 0.25) is 0 Å². The van der Waals surface area contributed by atoms with Crippen molar-refractivity contribution in [2.75, 3.05) is 20.3 Å². The normalized spacial score (nSPS) is 14.3. The Balaban J connectivity index is 1.67. The molecular formula is C15H19N5O3. The van der Waals surface area contributed by atoms with E-state index in [1.165, 1.54) is 0 Å². The van der Waals surface area contributed by atoms with E-state index in [-0.39, 0.29) is 6.61 Å². The second-order valence-electron chi connectivity index (χ2n) is 5.35. The van der Waals surface area contributed by atoms with Crippen molar-refractivity contribution in [3.8, 4) is 11.5 Å². The van der Waals surface area contributed by atoms with Crippen LogP contribution in [0.5, 0.6) is 11.5 Å². The molecular weight excluding hydrogens is 298 g/mol. The molecule has 2 heterocycles. The van der Waals surface area contributed by atoms with Gasteiger partial charge in [-0.2, -0.15) is 5.10 Å². The van der Waals surface area contributed by atoms with E-state index >= 15 is 0 Å². The summed E-state index contributed by atoms with van der Waals surface area (Å²) >= 11 is 0.